The summed E-state index contributed by atoms with van der Waals surface area (Å²) in [5.41, 5.74) is 2.25. The smallest absolute Gasteiger partial charge is 0.353 e. The van der Waals surface area contributed by atoms with Crippen molar-refractivity contribution in [2.75, 3.05) is 11.4 Å². The van der Waals surface area contributed by atoms with Crippen LogP contribution in [0, 0.1) is 0 Å². The van der Waals surface area contributed by atoms with Crippen LogP contribution >= 0.6 is 0 Å². The van der Waals surface area contributed by atoms with Gasteiger partial charge in [-0.15, -0.1) is 0 Å². The van der Waals surface area contributed by atoms with Crippen molar-refractivity contribution in [1.82, 2.24) is 14.5 Å². The number of hydrogen-bond acceptors (Lipinski definition) is 3. The lowest BCUT2D eigenvalue weighted by molar-refractivity contribution is -0.137. The summed E-state index contributed by atoms with van der Waals surface area (Å²) >= 11 is 0. The number of aromatic nitrogens is 3. The van der Waals surface area contributed by atoms with Crippen molar-refractivity contribution in [2.24, 2.45) is 0 Å². The van der Waals surface area contributed by atoms with Gasteiger partial charge >= 0.3 is 6.18 Å². The zero-order valence-corrected chi connectivity index (χ0v) is 19.1. The molecule has 1 fully saturated rings. The van der Waals surface area contributed by atoms with Crippen LogP contribution in [0.5, 0.6) is 0 Å². The summed E-state index contributed by atoms with van der Waals surface area (Å²) in [6, 6.07) is 15.7. The Morgan fingerprint density at radius 3 is 2.44 bits per heavy atom. The molecule has 2 aromatic carbocycles. The van der Waals surface area contributed by atoms with E-state index in [1.165, 1.54) is 37.7 Å². The van der Waals surface area contributed by atoms with Gasteiger partial charge in [0.15, 0.2) is 5.65 Å². The van der Waals surface area contributed by atoms with E-state index in [2.05, 4.69) is 16.8 Å². The maximum Gasteiger partial charge on any atom is 0.416 e. The van der Waals surface area contributed by atoms with E-state index in [-0.39, 0.29) is 0 Å². The van der Waals surface area contributed by atoms with Gasteiger partial charge < -0.3 is 9.47 Å². The predicted octanol–water partition coefficient (Wildman–Crippen LogP) is 7.27. The molecular weight excluding hydrogens is 437 g/mol. The maximum atomic E-state index is 13.4. The molecule has 1 aliphatic carbocycles. The first kappa shape index (κ1) is 22.4. The quantitative estimate of drug-likeness (QED) is 0.312. The van der Waals surface area contributed by atoms with E-state index in [1.807, 2.05) is 36.5 Å². The van der Waals surface area contributed by atoms with E-state index in [9.17, 15) is 13.2 Å². The lowest BCUT2D eigenvalue weighted by Crippen LogP contribution is -2.37. The fraction of sp³-hybridized carbons (Fsp3) is 0.333. The molecule has 34 heavy (non-hydrogen) atoms. The van der Waals surface area contributed by atoms with Gasteiger partial charge in [0.2, 0.25) is 0 Å². The Morgan fingerprint density at radius 2 is 1.74 bits per heavy atom. The van der Waals surface area contributed by atoms with Crippen molar-refractivity contribution >= 4 is 16.9 Å². The second-order valence-corrected chi connectivity index (χ2v) is 8.80. The molecule has 4 aromatic rings. The highest BCUT2D eigenvalue weighted by molar-refractivity contribution is 6.02. The molecule has 1 saturated carbocycles. The summed E-state index contributed by atoms with van der Waals surface area (Å²) < 4.78 is 42.1. The molecule has 0 spiro atoms. The van der Waals surface area contributed by atoms with Gasteiger partial charge in [-0.2, -0.15) is 13.2 Å². The molecule has 2 aromatic heterocycles. The minimum Gasteiger partial charge on any atom is -0.353 e. The van der Waals surface area contributed by atoms with Crippen LogP contribution in [0.2, 0.25) is 0 Å². The average Bonchev–Trinajstić information content (AvgIpc) is 3.26. The number of alkyl halides is 3. The highest BCUT2D eigenvalue weighted by atomic mass is 19.4. The Morgan fingerprint density at radius 1 is 0.971 bits per heavy atom. The van der Waals surface area contributed by atoms with Gasteiger partial charge in [0.1, 0.15) is 12.1 Å². The van der Waals surface area contributed by atoms with Crippen molar-refractivity contribution in [2.45, 2.75) is 51.2 Å². The molecule has 1 aliphatic rings. The second kappa shape index (κ2) is 9.12. The highest BCUT2D eigenvalue weighted by Crippen LogP contribution is 2.39. The molecule has 0 aliphatic heterocycles. The first-order valence-corrected chi connectivity index (χ1v) is 11.8. The van der Waals surface area contributed by atoms with E-state index >= 15 is 0 Å². The SMILES string of the molecule is CCN(c1ncnc2c1c(-c1ccccc1)cn2-c1cccc(C(F)(F)F)c1)C1CCCCC1. The Balaban J connectivity index is 1.74. The fourth-order valence-electron chi connectivity index (χ4n) is 5.10. The van der Waals surface area contributed by atoms with Crippen molar-refractivity contribution in [3.63, 3.8) is 0 Å². The number of rotatable bonds is 5. The van der Waals surface area contributed by atoms with E-state index in [1.54, 1.807) is 10.6 Å². The highest BCUT2D eigenvalue weighted by Gasteiger charge is 2.31. The second-order valence-electron chi connectivity index (χ2n) is 8.80. The molecule has 4 nitrogen and oxygen atoms in total. The number of fused-ring (bicyclic) bond motifs is 1. The van der Waals surface area contributed by atoms with Crippen molar-refractivity contribution in [3.05, 3.63) is 72.7 Å². The topological polar surface area (TPSA) is 34.0 Å². The fourth-order valence-corrected chi connectivity index (χ4v) is 5.10. The number of halogens is 3. The van der Waals surface area contributed by atoms with E-state index in [4.69, 9.17) is 4.98 Å². The Labute approximate surface area is 197 Å². The van der Waals surface area contributed by atoms with Crippen LogP contribution in [0.25, 0.3) is 27.8 Å². The van der Waals surface area contributed by atoms with Gasteiger partial charge in [-0.25, -0.2) is 9.97 Å². The zero-order chi connectivity index (χ0) is 23.7. The van der Waals surface area contributed by atoms with Crippen molar-refractivity contribution in [3.8, 4) is 16.8 Å². The third kappa shape index (κ3) is 4.15. The summed E-state index contributed by atoms with van der Waals surface area (Å²) in [5.74, 6) is 0.851. The van der Waals surface area contributed by atoms with Crippen LogP contribution in [-0.4, -0.2) is 27.1 Å². The van der Waals surface area contributed by atoms with Crippen LogP contribution < -0.4 is 4.90 Å². The third-order valence-corrected chi connectivity index (χ3v) is 6.73. The van der Waals surface area contributed by atoms with Crippen LogP contribution in [0.4, 0.5) is 19.0 Å². The standard InChI is InChI=1S/C27H27F3N4/c1-2-33(21-13-7-4-8-14-21)25-24-23(19-10-5-3-6-11-19)17-34(26(24)32-18-31-25)22-15-9-12-20(16-22)27(28,29)30/h3,5-6,9-12,15-18,21H,2,4,7-8,13-14H2,1H3. The molecular formula is C27H27F3N4. The Hall–Kier alpha value is -3.35. The van der Waals surface area contributed by atoms with Crippen LogP contribution in [0.1, 0.15) is 44.6 Å². The van der Waals surface area contributed by atoms with Crippen molar-refractivity contribution in [1.29, 1.82) is 0 Å². The molecule has 0 amide bonds. The molecule has 2 heterocycles. The van der Waals surface area contributed by atoms with Gasteiger partial charge in [-0.3, -0.25) is 0 Å². The zero-order valence-electron chi connectivity index (χ0n) is 19.1. The lowest BCUT2D eigenvalue weighted by atomic mass is 9.94. The Kier molecular flexibility index (Phi) is 6.02. The summed E-state index contributed by atoms with van der Waals surface area (Å²) in [6.45, 7) is 2.94. The van der Waals surface area contributed by atoms with Gasteiger partial charge in [-0.1, -0.05) is 55.7 Å². The molecule has 7 heteroatoms. The molecule has 0 unspecified atom stereocenters. The third-order valence-electron chi connectivity index (χ3n) is 6.73. The summed E-state index contributed by atoms with van der Waals surface area (Å²) in [7, 11) is 0. The largest absolute Gasteiger partial charge is 0.416 e. The van der Waals surface area contributed by atoms with E-state index in [0.717, 1.165) is 47.8 Å². The monoisotopic (exact) mass is 464 g/mol. The predicted molar refractivity (Wildman–Crippen MR) is 129 cm³/mol. The van der Waals surface area contributed by atoms with Gasteiger partial charge in [-0.05, 0) is 43.5 Å². The molecule has 0 saturated heterocycles. The minimum absolute atomic E-state index is 0.400. The summed E-state index contributed by atoms with van der Waals surface area (Å²) in [4.78, 5) is 11.6. The first-order valence-electron chi connectivity index (χ1n) is 11.8. The molecule has 0 radical (unpaired) electrons. The van der Waals surface area contributed by atoms with Gasteiger partial charge in [0, 0.05) is 30.0 Å². The molecule has 0 N–H and O–H groups in total. The number of hydrogen-bond donors (Lipinski definition) is 0. The summed E-state index contributed by atoms with van der Waals surface area (Å²) in [6.07, 6.45) is 4.90. The van der Waals surface area contributed by atoms with Crippen molar-refractivity contribution < 1.29 is 13.2 Å². The molecule has 5 rings (SSSR count). The number of anilines is 1. The van der Waals surface area contributed by atoms with Gasteiger partial charge in [0.25, 0.3) is 0 Å². The summed E-state index contributed by atoms with van der Waals surface area (Å²) in [5, 5.41) is 0.874. The van der Waals surface area contributed by atoms with E-state index in [0.29, 0.717) is 17.4 Å². The minimum atomic E-state index is -4.42. The number of nitrogens with zero attached hydrogens (tertiary/aromatic N) is 4. The van der Waals surface area contributed by atoms with Gasteiger partial charge in [0.05, 0.1) is 10.9 Å². The first-order chi connectivity index (χ1) is 16.5. The molecule has 0 atom stereocenters. The molecule has 0 bridgehead atoms. The van der Waals surface area contributed by atoms with Crippen LogP contribution in [0.3, 0.4) is 0 Å². The lowest BCUT2D eigenvalue weighted by Gasteiger charge is -2.35. The molecule has 176 valence electrons. The average molecular weight is 465 g/mol. The van der Waals surface area contributed by atoms with Crippen LogP contribution in [0.15, 0.2) is 67.1 Å². The maximum absolute atomic E-state index is 13.4. The van der Waals surface area contributed by atoms with Crippen LogP contribution in [-0.2, 0) is 6.18 Å². The Bertz CT molecular complexity index is 1270. The normalized spacial score (nSPS) is 15.1. The van der Waals surface area contributed by atoms with E-state index < -0.39 is 11.7 Å². The number of benzene rings is 2.